The third-order valence-corrected chi connectivity index (χ3v) is 3.41. The molecule has 1 heterocycles. The average molecular weight is 300 g/mol. The van der Waals surface area contributed by atoms with E-state index in [4.69, 9.17) is 0 Å². The molecule has 1 saturated heterocycles. The van der Waals surface area contributed by atoms with Gasteiger partial charge in [0.15, 0.2) is 17.5 Å². The smallest absolute Gasteiger partial charge is 0.238 e. The van der Waals surface area contributed by atoms with E-state index in [1.165, 1.54) is 0 Å². The molecule has 1 aromatic carbocycles. The van der Waals surface area contributed by atoms with Crippen LogP contribution in [0.15, 0.2) is 12.1 Å². The van der Waals surface area contributed by atoms with Gasteiger partial charge in [0.2, 0.25) is 5.91 Å². The molecule has 0 aliphatic carbocycles. The maximum absolute atomic E-state index is 13.4. The highest BCUT2D eigenvalue weighted by Gasteiger charge is 2.22. The van der Waals surface area contributed by atoms with E-state index < -0.39 is 29.0 Å². The Kier molecular flexibility index (Phi) is 4.95. The number of carbonyl (C=O) groups excluding carboxylic acids is 2. The molecular formula is C14H15F3N2O2. The fourth-order valence-electron chi connectivity index (χ4n) is 2.36. The number of amides is 1. The zero-order valence-electron chi connectivity index (χ0n) is 11.2. The second-order valence-corrected chi connectivity index (χ2v) is 5.04. The van der Waals surface area contributed by atoms with Crippen molar-refractivity contribution in [2.24, 2.45) is 5.92 Å². The van der Waals surface area contributed by atoms with Gasteiger partial charge in [-0.05, 0) is 31.5 Å². The summed E-state index contributed by atoms with van der Waals surface area (Å²) < 4.78 is 39.3. The molecule has 0 saturated carbocycles. The van der Waals surface area contributed by atoms with Crippen LogP contribution in [-0.2, 0) is 9.59 Å². The van der Waals surface area contributed by atoms with E-state index in [-0.39, 0.29) is 12.5 Å². The minimum absolute atomic E-state index is 0.0250. The molecule has 1 fully saturated rings. The van der Waals surface area contributed by atoms with Gasteiger partial charge in [0.1, 0.15) is 6.29 Å². The van der Waals surface area contributed by atoms with E-state index in [0.717, 1.165) is 31.3 Å². The Morgan fingerprint density at radius 2 is 2.10 bits per heavy atom. The first-order chi connectivity index (χ1) is 10.0. The summed E-state index contributed by atoms with van der Waals surface area (Å²) in [5, 5.41) is 2.21. The maximum Gasteiger partial charge on any atom is 0.238 e. The first-order valence-electron chi connectivity index (χ1n) is 6.62. The number of rotatable bonds is 4. The molecule has 114 valence electrons. The van der Waals surface area contributed by atoms with Gasteiger partial charge >= 0.3 is 0 Å². The predicted octanol–water partition coefficient (Wildman–Crippen LogP) is 1.95. The Morgan fingerprint density at radius 1 is 1.33 bits per heavy atom. The van der Waals surface area contributed by atoms with Gasteiger partial charge in [-0.3, -0.25) is 9.69 Å². The molecular weight excluding hydrogens is 285 g/mol. The summed E-state index contributed by atoms with van der Waals surface area (Å²) in [6, 6.07) is 1.72. The van der Waals surface area contributed by atoms with E-state index in [2.05, 4.69) is 5.32 Å². The van der Waals surface area contributed by atoms with Crippen LogP contribution in [0.5, 0.6) is 0 Å². The van der Waals surface area contributed by atoms with Crippen LogP contribution in [0, 0.1) is 23.4 Å². The monoisotopic (exact) mass is 300 g/mol. The lowest BCUT2D eigenvalue weighted by Gasteiger charge is -2.29. The van der Waals surface area contributed by atoms with Crippen LogP contribution in [0.2, 0.25) is 0 Å². The van der Waals surface area contributed by atoms with Gasteiger partial charge in [-0.1, -0.05) is 0 Å². The van der Waals surface area contributed by atoms with Gasteiger partial charge in [0.25, 0.3) is 0 Å². The van der Waals surface area contributed by atoms with Crippen LogP contribution in [0.3, 0.4) is 0 Å². The van der Waals surface area contributed by atoms with Crippen LogP contribution in [0.25, 0.3) is 0 Å². The minimum atomic E-state index is -1.62. The third kappa shape index (κ3) is 3.81. The maximum atomic E-state index is 13.4. The number of likely N-dealkylation sites (tertiary alicyclic amines) is 1. The number of nitrogens with zero attached hydrogens (tertiary/aromatic N) is 1. The van der Waals surface area contributed by atoms with Gasteiger partial charge in [-0.25, -0.2) is 13.2 Å². The third-order valence-electron chi connectivity index (χ3n) is 3.41. The largest absolute Gasteiger partial charge is 0.322 e. The fraction of sp³-hybridized carbons (Fsp3) is 0.429. The van der Waals surface area contributed by atoms with Crippen molar-refractivity contribution < 1.29 is 22.8 Å². The zero-order chi connectivity index (χ0) is 15.4. The first kappa shape index (κ1) is 15.5. The summed E-state index contributed by atoms with van der Waals surface area (Å²) in [5.74, 6) is -4.99. The number of nitrogens with one attached hydrogen (secondary N) is 1. The minimum Gasteiger partial charge on any atom is -0.322 e. The van der Waals surface area contributed by atoms with Crippen molar-refractivity contribution in [3.63, 3.8) is 0 Å². The molecule has 1 aliphatic rings. The molecule has 0 aromatic heterocycles. The first-order valence-corrected chi connectivity index (χ1v) is 6.62. The molecule has 1 aliphatic heterocycles. The normalized spacial score (nSPS) is 19.3. The number of aldehydes is 1. The summed E-state index contributed by atoms with van der Waals surface area (Å²) >= 11 is 0. The lowest BCUT2D eigenvalue weighted by atomic mass is 10.00. The van der Waals surface area contributed by atoms with Crippen molar-refractivity contribution in [2.45, 2.75) is 12.8 Å². The van der Waals surface area contributed by atoms with Crippen molar-refractivity contribution in [2.75, 3.05) is 25.0 Å². The second-order valence-electron chi connectivity index (χ2n) is 5.04. The van der Waals surface area contributed by atoms with Crippen molar-refractivity contribution in [1.29, 1.82) is 0 Å². The van der Waals surface area contributed by atoms with E-state index in [0.29, 0.717) is 13.1 Å². The standard InChI is InChI=1S/C14H15F3N2O2/c15-10-3-4-11(14(17)13(10)16)18-12(21)7-19-5-1-2-9(6-19)8-20/h3-4,8-9H,1-2,5-7H2,(H,18,21). The highest BCUT2D eigenvalue weighted by Crippen LogP contribution is 2.20. The summed E-state index contributed by atoms with van der Waals surface area (Å²) in [6.07, 6.45) is 2.45. The topological polar surface area (TPSA) is 49.4 Å². The van der Waals surface area contributed by atoms with Crippen molar-refractivity contribution in [3.8, 4) is 0 Å². The molecule has 0 radical (unpaired) electrons. The van der Waals surface area contributed by atoms with Gasteiger partial charge in [-0.2, -0.15) is 0 Å². The Morgan fingerprint density at radius 3 is 2.81 bits per heavy atom. The Labute approximate surface area is 119 Å². The van der Waals surface area contributed by atoms with Crippen molar-refractivity contribution in [3.05, 3.63) is 29.6 Å². The van der Waals surface area contributed by atoms with E-state index in [9.17, 15) is 22.8 Å². The number of benzene rings is 1. The molecule has 4 nitrogen and oxygen atoms in total. The number of carbonyl (C=O) groups is 2. The molecule has 1 unspecified atom stereocenters. The lowest BCUT2D eigenvalue weighted by Crippen LogP contribution is -2.41. The summed E-state index contributed by atoms with van der Waals surface area (Å²) in [6.45, 7) is 1.11. The molecule has 1 N–H and O–H groups in total. The fourth-order valence-corrected chi connectivity index (χ4v) is 2.36. The van der Waals surface area contributed by atoms with E-state index >= 15 is 0 Å². The second kappa shape index (κ2) is 6.71. The molecule has 2 rings (SSSR count). The Hall–Kier alpha value is -1.89. The molecule has 0 bridgehead atoms. The number of halogens is 3. The summed E-state index contributed by atoms with van der Waals surface area (Å²) in [7, 11) is 0. The number of hydrogen-bond acceptors (Lipinski definition) is 3. The van der Waals surface area contributed by atoms with Crippen LogP contribution in [0.4, 0.5) is 18.9 Å². The van der Waals surface area contributed by atoms with Crippen molar-refractivity contribution in [1.82, 2.24) is 4.90 Å². The van der Waals surface area contributed by atoms with Crippen LogP contribution in [-0.4, -0.2) is 36.7 Å². The molecule has 0 spiro atoms. The highest BCUT2D eigenvalue weighted by atomic mass is 19.2. The lowest BCUT2D eigenvalue weighted by molar-refractivity contribution is -0.119. The van der Waals surface area contributed by atoms with Crippen LogP contribution < -0.4 is 5.32 Å². The van der Waals surface area contributed by atoms with E-state index in [1.54, 1.807) is 4.90 Å². The van der Waals surface area contributed by atoms with Crippen molar-refractivity contribution >= 4 is 17.9 Å². The van der Waals surface area contributed by atoms with E-state index in [1.807, 2.05) is 0 Å². The summed E-state index contributed by atoms with van der Waals surface area (Å²) in [5.41, 5.74) is -0.400. The van der Waals surface area contributed by atoms with Gasteiger partial charge in [0.05, 0.1) is 12.2 Å². The van der Waals surface area contributed by atoms with Gasteiger partial charge in [-0.15, -0.1) is 0 Å². The Balaban J connectivity index is 1.96. The zero-order valence-corrected chi connectivity index (χ0v) is 11.2. The average Bonchev–Trinajstić information content (AvgIpc) is 2.48. The quantitative estimate of drug-likeness (QED) is 0.683. The molecule has 1 amide bonds. The van der Waals surface area contributed by atoms with Crippen LogP contribution in [0.1, 0.15) is 12.8 Å². The highest BCUT2D eigenvalue weighted by molar-refractivity contribution is 5.92. The molecule has 1 atom stereocenters. The molecule has 1 aromatic rings. The SMILES string of the molecule is O=CC1CCCN(CC(=O)Nc2ccc(F)c(F)c2F)C1. The number of anilines is 1. The predicted molar refractivity (Wildman–Crippen MR) is 70.2 cm³/mol. The molecule has 7 heteroatoms. The molecule has 21 heavy (non-hydrogen) atoms. The Bertz CT molecular complexity index is 551. The summed E-state index contributed by atoms with van der Waals surface area (Å²) in [4.78, 5) is 24.3. The van der Waals surface area contributed by atoms with Crippen LogP contribution >= 0.6 is 0 Å². The number of piperidine rings is 1. The van der Waals surface area contributed by atoms with Gasteiger partial charge < -0.3 is 10.1 Å². The van der Waals surface area contributed by atoms with Gasteiger partial charge in [0, 0.05) is 12.5 Å². The number of hydrogen-bond donors (Lipinski definition) is 1.